The predicted octanol–water partition coefficient (Wildman–Crippen LogP) is 3.94. The van der Waals surface area contributed by atoms with E-state index >= 15 is 0 Å². The standard InChI is InChI=1S/C16H13F2N3OS2/c1-9(11-3-2-10(17)6-13(11)18)21-14(22)7-24-16-12-4-5-23-15(12)19-8-20-16/h2-6,8-9H,7H2,1H3,(H,21,22)/t9-/m1/s1. The second-order valence-electron chi connectivity index (χ2n) is 5.06. The van der Waals surface area contributed by atoms with E-state index in [0.717, 1.165) is 21.3 Å². The first-order chi connectivity index (χ1) is 11.5. The number of nitrogens with one attached hydrogen (secondary N) is 1. The minimum Gasteiger partial charge on any atom is -0.349 e. The summed E-state index contributed by atoms with van der Waals surface area (Å²) in [5.74, 6) is -1.42. The first-order valence-corrected chi connectivity index (χ1v) is 8.96. The summed E-state index contributed by atoms with van der Waals surface area (Å²) >= 11 is 2.81. The highest BCUT2D eigenvalue weighted by Crippen LogP contribution is 2.27. The van der Waals surface area contributed by atoms with Crippen molar-refractivity contribution in [2.75, 3.05) is 5.75 Å². The van der Waals surface area contributed by atoms with Crippen LogP contribution in [-0.2, 0) is 4.79 Å². The van der Waals surface area contributed by atoms with Crippen LogP contribution < -0.4 is 5.32 Å². The van der Waals surface area contributed by atoms with E-state index in [1.54, 1.807) is 6.92 Å². The molecule has 3 rings (SSSR count). The average Bonchev–Trinajstić information content (AvgIpc) is 3.01. The molecular formula is C16H13F2N3OS2. The molecule has 3 aromatic rings. The number of fused-ring (bicyclic) bond motifs is 1. The summed E-state index contributed by atoms with van der Waals surface area (Å²) in [5.41, 5.74) is 0.247. The highest BCUT2D eigenvalue weighted by atomic mass is 32.2. The Kier molecular flexibility index (Phi) is 5.06. The fourth-order valence-electron chi connectivity index (χ4n) is 2.23. The van der Waals surface area contributed by atoms with Crippen LogP contribution in [0.15, 0.2) is 41.0 Å². The Morgan fingerprint density at radius 3 is 2.96 bits per heavy atom. The van der Waals surface area contributed by atoms with Crippen molar-refractivity contribution in [2.24, 2.45) is 0 Å². The van der Waals surface area contributed by atoms with Crippen LogP contribution in [0.4, 0.5) is 8.78 Å². The predicted molar refractivity (Wildman–Crippen MR) is 91.1 cm³/mol. The molecule has 1 N–H and O–H groups in total. The third-order valence-corrected chi connectivity index (χ3v) is 5.20. The molecule has 0 aliphatic rings. The highest BCUT2D eigenvalue weighted by Gasteiger charge is 2.15. The zero-order chi connectivity index (χ0) is 17.1. The van der Waals surface area contributed by atoms with Crippen molar-refractivity contribution in [2.45, 2.75) is 18.0 Å². The molecule has 2 aromatic heterocycles. The molecule has 0 aliphatic heterocycles. The van der Waals surface area contributed by atoms with Crippen LogP contribution in [0.2, 0.25) is 0 Å². The molecule has 2 heterocycles. The van der Waals surface area contributed by atoms with E-state index in [1.165, 1.54) is 41.6 Å². The van der Waals surface area contributed by atoms with Gasteiger partial charge >= 0.3 is 0 Å². The summed E-state index contributed by atoms with van der Waals surface area (Å²) in [6.07, 6.45) is 1.47. The first kappa shape index (κ1) is 16.8. The van der Waals surface area contributed by atoms with E-state index in [2.05, 4.69) is 15.3 Å². The number of nitrogens with zero attached hydrogens (tertiary/aromatic N) is 2. The number of halogens is 2. The van der Waals surface area contributed by atoms with E-state index in [4.69, 9.17) is 0 Å². The van der Waals surface area contributed by atoms with E-state index in [1.807, 2.05) is 11.4 Å². The van der Waals surface area contributed by atoms with Crippen LogP contribution in [0.5, 0.6) is 0 Å². The van der Waals surface area contributed by atoms with Crippen molar-refractivity contribution in [3.63, 3.8) is 0 Å². The zero-order valence-electron chi connectivity index (χ0n) is 12.6. The Hall–Kier alpha value is -2.06. The maximum absolute atomic E-state index is 13.7. The Morgan fingerprint density at radius 1 is 1.33 bits per heavy atom. The van der Waals surface area contributed by atoms with Crippen molar-refractivity contribution in [1.29, 1.82) is 0 Å². The van der Waals surface area contributed by atoms with Gasteiger partial charge in [0.15, 0.2) is 0 Å². The second kappa shape index (κ2) is 7.23. The number of hydrogen-bond donors (Lipinski definition) is 1. The molecule has 0 unspecified atom stereocenters. The number of aromatic nitrogens is 2. The van der Waals surface area contributed by atoms with Gasteiger partial charge in [0.25, 0.3) is 0 Å². The summed E-state index contributed by atoms with van der Waals surface area (Å²) < 4.78 is 26.7. The number of rotatable bonds is 5. The summed E-state index contributed by atoms with van der Waals surface area (Å²) in [7, 11) is 0. The maximum Gasteiger partial charge on any atom is 0.230 e. The summed E-state index contributed by atoms with van der Waals surface area (Å²) in [6, 6.07) is 4.68. The van der Waals surface area contributed by atoms with Gasteiger partial charge in [-0.25, -0.2) is 18.7 Å². The number of benzene rings is 1. The minimum atomic E-state index is -0.675. The lowest BCUT2D eigenvalue weighted by Crippen LogP contribution is -2.28. The number of carbonyl (C=O) groups excluding carboxylic acids is 1. The smallest absolute Gasteiger partial charge is 0.230 e. The Morgan fingerprint density at radius 2 is 2.17 bits per heavy atom. The van der Waals surface area contributed by atoms with E-state index in [0.29, 0.717) is 0 Å². The lowest BCUT2D eigenvalue weighted by molar-refractivity contribution is -0.119. The molecule has 1 amide bonds. The minimum absolute atomic E-state index is 0.148. The van der Waals surface area contributed by atoms with Crippen molar-refractivity contribution < 1.29 is 13.6 Å². The Balaban J connectivity index is 1.62. The Labute approximate surface area is 145 Å². The number of carbonyl (C=O) groups is 1. The lowest BCUT2D eigenvalue weighted by Gasteiger charge is -2.15. The van der Waals surface area contributed by atoms with Crippen LogP contribution >= 0.6 is 23.1 Å². The van der Waals surface area contributed by atoms with Gasteiger partial charge in [-0.15, -0.1) is 11.3 Å². The molecule has 0 aliphatic carbocycles. The van der Waals surface area contributed by atoms with Crippen molar-refractivity contribution >= 4 is 39.2 Å². The average molecular weight is 365 g/mol. The van der Waals surface area contributed by atoms with Crippen molar-refractivity contribution in [1.82, 2.24) is 15.3 Å². The molecule has 1 atom stereocenters. The number of thiophene rings is 1. The fraction of sp³-hybridized carbons (Fsp3) is 0.188. The molecule has 24 heavy (non-hydrogen) atoms. The van der Waals surface area contributed by atoms with Gasteiger partial charge in [0.1, 0.15) is 27.8 Å². The zero-order valence-corrected chi connectivity index (χ0v) is 14.3. The largest absolute Gasteiger partial charge is 0.349 e. The molecule has 1 aromatic carbocycles. The molecule has 0 spiro atoms. The second-order valence-corrected chi connectivity index (χ2v) is 6.92. The van der Waals surface area contributed by atoms with Gasteiger partial charge in [0, 0.05) is 17.0 Å². The van der Waals surface area contributed by atoms with Gasteiger partial charge in [0.05, 0.1) is 11.8 Å². The monoisotopic (exact) mass is 365 g/mol. The van der Waals surface area contributed by atoms with E-state index < -0.39 is 17.7 Å². The van der Waals surface area contributed by atoms with Crippen LogP contribution in [0.1, 0.15) is 18.5 Å². The summed E-state index contributed by atoms with van der Waals surface area (Å²) in [5, 5.41) is 6.27. The van der Waals surface area contributed by atoms with Crippen LogP contribution in [0.25, 0.3) is 10.2 Å². The van der Waals surface area contributed by atoms with Crippen LogP contribution in [-0.4, -0.2) is 21.6 Å². The lowest BCUT2D eigenvalue weighted by atomic mass is 10.1. The highest BCUT2D eigenvalue weighted by molar-refractivity contribution is 8.00. The number of thioether (sulfide) groups is 1. The third-order valence-electron chi connectivity index (χ3n) is 3.37. The quantitative estimate of drug-likeness (QED) is 0.550. The van der Waals surface area contributed by atoms with Crippen LogP contribution in [0.3, 0.4) is 0 Å². The maximum atomic E-state index is 13.7. The molecule has 0 saturated carbocycles. The van der Waals surface area contributed by atoms with E-state index in [9.17, 15) is 13.6 Å². The summed E-state index contributed by atoms with van der Waals surface area (Å²) in [6.45, 7) is 1.65. The molecule has 0 radical (unpaired) electrons. The topological polar surface area (TPSA) is 54.9 Å². The molecule has 0 bridgehead atoms. The molecule has 0 saturated heterocycles. The van der Waals surface area contributed by atoms with Gasteiger partial charge < -0.3 is 5.32 Å². The normalized spacial score (nSPS) is 12.3. The first-order valence-electron chi connectivity index (χ1n) is 7.10. The third kappa shape index (κ3) is 3.70. The number of amides is 1. The SMILES string of the molecule is C[C@@H](NC(=O)CSc1ncnc2sccc12)c1ccc(F)cc1F. The van der Waals surface area contributed by atoms with Crippen molar-refractivity contribution in [3.05, 3.63) is 53.2 Å². The van der Waals surface area contributed by atoms with Gasteiger partial charge in [-0.3, -0.25) is 4.79 Å². The molecule has 8 heteroatoms. The number of hydrogen-bond acceptors (Lipinski definition) is 5. The molecule has 0 fully saturated rings. The van der Waals surface area contributed by atoms with Gasteiger partial charge in [-0.1, -0.05) is 17.8 Å². The van der Waals surface area contributed by atoms with E-state index in [-0.39, 0.29) is 17.2 Å². The fourth-order valence-corrected chi connectivity index (χ4v) is 3.82. The van der Waals surface area contributed by atoms with Gasteiger partial charge in [-0.2, -0.15) is 0 Å². The summed E-state index contributed by atoms with van der Waals surface area (Å²) in [4.78, 5) is 21.3. The van der Waals surface area contributed by atoms with Crippen LogP contribution in [0, 0.1) is 11.6 Å². The van der Waals surface area contributed by atoms with Crippen molar-refractivity contribution in [3.8, 4) is 0 Å². The van der Waals surface area contributed by atoms with Gasteiger partial charge in [-0.05, 0) is 24.4 Å². The van der Waals surface area contributed by atoms with Gasteiger partial charge in [0.2, 0.25) is 5.91 Å². The molecule has 124 valence electrons. The Bertz CT molecular complexity index is 885. The molecule has 4 nitrogen and oxygen atoms in total. The molecular weight excluding hydrogens is 352 g/mol.